The highest BCUT2D eigenvalue weighted by Crippen LogP contribution is 2.20. The van der Waals surface area contributed by atoms with Crippen LogP contribution >= 0.6 is 11.6 Å². The Morgan fingerprint density at radius 2 is 2.24 bits per heavy atom. The Balaban J connectivity index is 2.20. The quantitative estimate of drug-likeness (QED) is 0.646. The zero-order valence-corrected chi connectivity index (χ0v) is 13.2. The van der Waals surface area contributed by atoms with Crippen molar-refractivity contribution in [2.75, 3.05) is 26.2 Å². The second-order valence-electron chi connectivity index (χ2n) is 4.86. The molecule has 21 heavy (non-hydrogen) atoms. The van der Waals surface area contributed by atoms with E-state index in [-0.39, 0.29) is 19.1 Å². The second-order valence-corrected chi connectivity index (χ2v) is 5.26. The molecular formula is C15H23ClN2O3. The van der Waals surface area contributed by atoms with Gasteiger partial charge < -0.3 is 20.5 Å². The molecule has 0 aliphatic carbocycles. The molecule has 1 aromatic rings. The number of rotatable bonds is 9. The van der Waals surface area contributed by atoms with Crippen molar-refractivity contribution in [2.45, 2.75) is 26.4 Å². The number of benzene rings is 1. The predicted octanol–water partition coefficient (Wildman–Crippen LogP) is 1.50. The van der Waals surface area contributed by atoms with Crippen LogP contribution in [0.1, 0.15) is 18.9 Å². The SMILES string of the molecule is CCCNC(=O)CNCC(O)COc1ccc(Cl)c(C)c1. The molecule has 1 unspecified atom stereocenters. The van der Waals surface area contributed by atoms with Crippen LogP contribution in [0.15, 0.2) is 18.2 Å². The van der Waals surface area contributed by atoms with Crippen molar-refractivity contribution < 1.29 is 14.6 Å². The van der Waals surface area contributed by atoms with Gasteiger partial charge in [0.05, 0.1) is 6.54 Å². The maximum atomic E-state index is 11.3. The van der Waals surface area contributed by atoms with Crippen molar-refractivity contribution in [1.82, 2.24) is 10.6 Å². The Kier molecular flexibility index (Phi) is 8.12. The van der Waals surface area contributed by atoms with E-state index in [1.165, 1.54) is 0 Å². The summed E-state index contributed by atoms with van der Waals surface area (Å²) in [6, 6.07) is 5.34. The molecule has 0 aromatic heterocycles. The summed E-state index contributed by atoms with van der Waals surface area (Å²) in [6.07, 6.45) is 0.225. The van der Waals surface area contributed by atoms with Gasteiger partial charge in [-0.25, -0.2) is 0 Å². The van der Waals surface area contributed by atoms with E-state index >= 15 is 0 Å². The van der Waals surface area contributed by atoms with Crippen molar-refractivity contribution in [3.8, 4) is 5.75 Å². The number of ether oxygens (including phenoxy) is 1. The second kappa shape index (κ2) is 9.60. The molecule has 6 heteroatoms. The molecule has 0 saturated carbocycles. The fraction of sp³-hybridized carbons (Fsp3) is 0.533. The molecule has 0 bridgehead atoms. The first-order valence-corrected chi connectivity index (χ1v) is 7.45. The first-order chi connectivity index (χ1) is 10.0. The van der Waals surface area contributed by atoms with Crippen LogP contribution in [0, 0.1) is 6.92 Å². The zero-order valence-electron chi connectivity index (χ0n) is 12.5. The number of carbonyl (C=O) groups excluding carboxylic acids is 1. The fourth-order valence-corrected chi connectivity index (χ4v) is 1.76. The lowest BCUT2D eigenvalue weighted by molar-refractivity contribution is -0.120. The van der Waals surface area contributed by atoms with Crippen LogP contribution in [-0.2, 0) is 4.79 Å². The summed E-state index contributed by atoms with van der Waals surface area (Å²) in [5, 5.41) is 16.1. The number of amides is 1. The van der Waals surface area contributed by atoms with E-state index in [0.29, 0.717) is 23.9 Å². The Labute approximate surface area is 130 Å². The molecule has 0 heterocycles. The van der Waals surface area contributed by atoms with Gasteiger partial charge >= 0.3 is 0 Å². The average molecular weight is 315 g/mol. The van der Waals surface area contributed by atoms with Crippen LogP contribution in [0.2, 0.25) is 5.02 Å². The minimum absolute atomic E-state index is 0.0710. The molecule has 3 N–H and O–H groups in total. The standard InChI is InChI=1S/C15H23ClN2O3/c1-3-6-18-15(20)9-17-8-12(19)10-21-13-4-5-14(16)11(2)7-13/h4-5,7,12,17,19H,3,6,8-10H2,1-2H3,(H,18,20). The molecule has 0 fully saturated rings. The number of aliphatic hydroxyl groups excluding tert-OH is 1. The molecule has 0 aliphatic rings. The van der Waals surface area contributed by atoms with Gasteiger partial charge in [-0.05, 0) is 37.1 Å². The van der Waals surface area contributed by atoms with Crippen LogP contribution in [0.4, 0.5) is 0 Å². The molecule has 1 amide bonds. The van der Waals surface area contributed by atoms with Crippen molar-refractivity contribution >= 4 is 17.5 Å². The summed E-state index contributed by atoms with van der Waals surface area (Å²) in [6.45, 7) is 5.20. The summed E-state index contributed by atoms with van der Waals surface area (Å²) in [5.41, 5.74) is 0.925. The minimum Gasteiger partial charge on any atom is -0.491 e. The van der Waals surface area contributed by atoms with E-state index in [0.717, 1.165) is 12.0 Å². The predicted molar refractivity (Wildman–Crippen MR) is 83.9 cm³/mol. The van der Waals surface area contributed by atoms with Gasteiger partial charge in [0, 0.05) is 18.1 Å². The lowest BCUT2D eigenvalue weighted by atomic mass is 10.2. The highest BCUT2D eigenvalue weighted by Gasteiger charge is 2.07. The minimum atomic E-state index is -0.681. The molecule has 0 radical (unpaired) electrons. The van der Waals surface area contributed by atoms with Crippen LogP contribution < -0.4 is 15.4 Å². The number of aliphatic hydroxyl groups is 1. The molecule has 0 saturated heterocycles. The smallest absolute Gasteiger partial charge is 0.233 e. The molecular weight excluding hydrogens is 292 g/mol. The maximum absolute atomic E-state index is 11.3. The van der Waals surface area contributed by atoms with E-state index in [1.807, 2.05) is 19.9 Å². The first-order valence-electron chi connectivity index (χ1n) is 7.07. The highest BCUT2D eigenvalue weighted by atomic mass is 35.5. The van der Waals surface area contributed by atoms with Crippen molar-refractivity contribution in [3.63, 3.8) is 0 Å². The molecule has 1 aromatic carbocycles. The number of carbonyl (C=O) groups is 1. The molecule has 1 rings (SSSR count). The number of halogens is 1. The van der Waals surface area contributed by atoms with Gasteiger partial charge in [0.1, 0.15) is 18.5 Å². The van der Waals surface area contributed by atoms with E-state index in [9.17, 15) is 9.90 Å². The van der Waals surface area contributed by atoms with Crippen LogP contribution in [0.5, 0.6) is 5.75 Å². The summed E-state index contributed by atoms with van der Waals surface area (Å²) in [4.78, 5) is 11.3. The van der Waals surface area contributed by atoms with Crippen LogP contribution in [0.25, 0.3) is 0 Å². The van der Waals surface area contributed by atoms with Gasteiger partial charge in [0.2, 0.25) is 5.91 Å². The van der Waals surface area contributed by atoms with Crippen LogP contribution in [0.3, 0.4) is 0 Å². The lowest BCUT2D eigenvalue weighted by Crippen LogP contribution is -2.39. The molecule has 0 spiro atoms. The van der Waals surface area contributed by atoms with E-state index in [2.05, 4.69) is 10.6 Å². The van der Waals surface area contributed by atoms with E-state index in [1.54, 1.807) is 12.1 Å². The Hall–Kier alpha value is -1.30. The zero-order chi connectivity index (χ0) is 15.7. The van der Waals surface area contributed by atoms with Crippen molar-refractivity contribution in [1.29, 1.82) is 0 Å². The maximum Gasteiger partial charge on any atom is 0.233 e. The van der Waals surface area contributed by atoms with Crippen molar-refractivity contribution in [3.05, 3.63) is 28.8 Å². The van der Waals surface area contributed by atoms with E-state index < -0.39 is 6.10 Å². The molecule has 118 valence electrons. The van der Waals surface area contributed by atoms with Gasteiger partial charge in [-0.2, -0.15) is 0 Å². The summed E-state index contributed by atoms with van der Waals surface area (Å²) < 4.78 is 5.48. The number of aryl methyl sites for hydroxylation is 1. The third-order valence-corrected chi connectivity index (χ3v) is 3.23. The third kappa shape index (κ3) is 7.32. The van der Waals surface area contributed by atoms with Gasteiger partial charge in [0.15, 0.2) is 0 Å². The number of nitrogens with one attached hydrogen (secondary N) is 2. The van der Waals surface area contributed by atoms with Gasteiger partial charge in [-0.15, -0.1) is 0 Å². The summed E-state index contributed by atoms with van der Waals surface area (Å²) in [7, 11) is 0. The summed E-state index contributed by atoms with van der Waals surface area (Å²) >= 11 is 5.92. The van der Waals surface area contributed by atoms with E-state index in [4.69, 9.17) is 16.3 Å². The Bertz CT molecular complexity index is 455. The average Bonchev–Trinajstić information content (AvgIpc) is 2.46. The topological polar surface area (TPSA) is 70.6 Å². The highest BCUT2D eigenvalue weighted by molar-refractivity contribution is 6.31. The Morgan fingerprint density at radius 3 is 2.90 bits per heavy atom. The third-order valence-electron chi connectivity index (χ3n) is 2.81. The van der Waals surface area contributed by atoms with Crippen LogP contribution in [-0.4, -0.2) is 43.4 Å². The monoisotopic (exact) mass is 314 g/mol. The number of hydrogen-bond acceptors (Lipinski definition) is 4. The first kappa shape index (κ1) is 17.8. The number of hydrogen-bond donors (Lipinski definition) is 3. The summed E-state index contributed by atoms with van der Waals surface area (Å²) in [5.74, 6) is 0.593. The normalized spacial score (nSPS) is 12.0. The molecule has 5 nitrogen and oxygen atoms in total. The Morgan fingerprint density at radius 1 is 1.48 bits per heavy atom. The lowest BCUT2D eigenvalue weighted by Gasteiger charge is -2.13. The largest absolute Gasteiger partial charge is 0.491 e. The van der Waals surface area contributed by atoms with Gasteiger partial charge in [-0.3, -0.25) is 4.79 Å². The van der Waals surface area contributed by atoms with Gasteiger partial charge in [-0.1, -0.05) is 18.5 Å². The fourth-order valence-electron chi connectivity index (χ4n) is 1.64. The molecule has 1 atom stereocenters. The molecule has 0 aliphatic heterocycles. The van der Waals surface area contributed by atoms with Gasteiger partial charge in [0.25, 0.3) is 0 Å². The van der Waals surface area contributed by atoms with Crippen molar-refractivity contribution in [2.24, 2.45) is 0 Å².